The van der Waals surface area contributed by atoms with E-state index in [9.17, 15) is 21.6 Å². The second-order valence-corrected chi connectivity index (χ2v) is 10.1. The molecular formula is C20H27N5O8S2. The number of benzene rings is 2. The average Bonchev–Trinajstić information content (AvgIpc) is 3.14. The van der Waals surface area contributed by atoms with Crippen LogP contribution in [0, 0.1) is 12.3 Å². The zero-order valence-corrected chi connectivity index (χ0v) is 20.9. The maximum absolute atomic E-state index is 12.4. The van der Waals surface area contributed by atoms with Gasteiger partial charge in [0.1, 0.15) is 11.4 Å². The monoisotopic (exact) mass is 529 g/mol. The summed E-state index contributed by atoms with van der Waals surface area (Å²) in [6.07, 6.45) is 1.43. The molecule has 0 aliphatic heterocycles. The van der Waals surface area contributed by atoms with E-state index >= 15 is 0 Å². The van der Waals surface area contributed by atoms with Crippen molar-refractivity contribution in [2.45, 2.75) is 6.92 Å². The van der Waals surface area contributed by atoms with Crippen molar-refractivity contribution in [2.75, 3.05) is 25.3 Å². The van der Waals surface area contributed by atoms with Gasteiger partial charge in [-0.15, -0.1) is 0 Å². The average molecular weight is 530 g/mol. The molecule has 0 spiro atoms. The number of guanidine groups is 1. The van der Waals surface area contributed by atoms with E-state index in [0.29, 0.717) is 40.9 Å². The number of aromatic amines is 1. The summed E-state index contributed by atoms with van der Waals surface area (Å²) >= 11 is 0. The second kappa shape index (κ2) is 11.7. The fourth-order valence-electron chi connectivity index (χ4n) is 2.52. The molecule has 0 saturated carbocycles. The number of anilines is 1. The third-order valence-corrected chi connectivity index (χ3v) is 4.01. The summed E-state index contributed by atoms with van der Waals surface area (Å²) in [6.45, 7) is 1.94. The third-order valence-electron chi connectivity index (χ3n) is 4.01. The van der Waals surface area contributed by atoms with Gasteiger partial charge in [0.05, 0.1) is 23.7 Å². The first kappa shape index (κ1) is 29.4. The largest absolute Gasteiger partial charge is 0.453 e. The van der Waals surface area contributed by atoms with Crippen molar-refractivity contribution in [3.05, 3.63) is 53.7 Å². The number of nitrogens with two attached hydrogens (primary N) is 2. The Bertz CT molecular complexity index is 1390. The summed E-state index contributed by atoms with van der Waals surface area (Å²) < 4.78 is 57.7. The summed E-state index contributed by atoms with van der Waals surface area (Å²) in [7, 11) is -5.88. The lowest BCUT2D eigenvalue weighted by molar-refractivity contribution is 0.0864. The second-order valence-electron chi connectivity index (χ2n) is 7.21. The molecule has 35 heavy (non-hydrogen) atoms. The lowest BCUT2D eigenvalue weighted by Crippen LogP contribution is -2.38. The number of carbonyl (C=O) groups is 1. The number of nitrogens with one attached hydrogen (secondary N) is 2. The zero-order valence-electron chi connectivity index (χ0n) is 19.3. The van der Waals surface area contributed by atoms with Crippen LogP contribution in [0.4, 0.5) is 5.69 Å². The van der Waals surface area contributed by atoms with Crippen LogP contribution in [-0.4, -0.2) is 67.3 Å². The summed E-state index contributed by atoms with van der Waals surface area (Å²) in [5, 5.41) is 8.26. The molecule has 0 atom stereocenters. The van der Waals surface area contributed by atoms with E-state index in [4.69, 9.17) is 30.7 Å². The van der Waals surface area contributed by atoms with Gasteiger partial charge in [-0.1, -0.05) is 18.2 Å². The van der Waals surface area contributed by atoms with Crippen LogP contribution in [0.2, 0.25) is 0 Å². The molecule has 3 aromatic rings. The van der Waals surface area contributed by atoms with Gasteiger partial charge < -0.3 is 21.2 Å². The molecule has 1 amide bonds. The third kappa shape index (κ3) is 10.4. The molecule has 0 fully saturated rings. The van der Waals surface area contributed by atoms with Crippen molar-refractivity contribution in [1.29, 1.82) is 5.41 Å². The summed E-state index contributed by atoms with van der Waals surface area (Å²) in [4.78, 5) is 16.5. The van der Waals surface area contributed by atoms with Crippen LogP contribution in [-0.2, 0) is 20.2 Å². The zero-order chi connectivity index (χ0) is 27.1. The predicted octanol–water partition coefficient (Wildman–Crippen LogP) is 1.82. The number of para-hydroxylation sites is 2. The van der Waals surface area contributed by atoms with Gasteiger partial charge in [0, 0.05) is 12.4 Å². The SMILES string of the molecule is CS(=O)(=O)O.CS(=O)(=O)O.Cc1ccc(Oc2ccccc2N)c2[nH]c(C(=O)N(C)C(=N)N)cc12. The Morgan fingerprint density at radius 1 is 1.03 bits per heavy atom. The van der Waals surface area contributed by atoms with Gasteiger partial charge in [-0.3, -0.25) is 24.2 Å². The number of hydrogen-bond donors (Lipinski definition) is 6. The molecule has 0 aliphatic carbocycles. The summed E-state index contributed by atoms with van der Waals surface area (Å²) in [5.74, 6) is 0.376. The number of H-pyrrole nitrogens is 1. The van der Waals surface area contributed by atoms with E-state index in [2.05, 4.69) is 4.98 Å². The first-order valence-corrected chi connectivity index (χ1v) is 13.2. The quantitative estimate of drug-likeness (QED) is 0.125. The number of nitrogens with zero attached hydrogens (tertiary/aromatic N) is 1. The molecular weight excluding hydrogens is 502 g/mol. The first-order valence-electron chi connectivity index (χ1n) is 9.50. The van der Waals surface area contributed by atoms with Gasteiger partial charge in [-0.25, -0.2) is 0 Å². The van der Waals surface area contributed by atoms with Crippen LogP contribution in [0.5, 0.6) is 11.5 Å². The summed E-state index contributed by atoms with van der Waals surface area (Å²) in [6, 6.07) is 12.7. The highest BCUT2D eigenvalue weighted by Gasteiger charge is 2.19. The number of hydrogen-bond acceptors (Lipinski definition) is 8. The molecule has 192 valence electrons. The Labute approximate surface area is 202 Å². The number of rotatable bonds is 3. The number of fused-ring (bicyclic) bond motifs is 1. The number of nitrogen functional groups attached to an aromatic ring is 1. The molecule has 8 N–H and O–H groups in total. The number of aryl methyl sites for hydroxylation is 1. The van der Waals surface area contributed by atoms with Gasteiger partial charge in [-0.05, 0) is 36.8 Å². The number of ether oxygens (including phenoxy) is 1. The van der Waals surface area contributed by atoms with Gasteiger partial charge in [0.2, 0.25) is 0 Å². The van der Waals surface area contributed by atoms with Crippen molar-refractivity contribution in [2.24, 2.45) is 5.73 Å². The topological polar surface area (TPSA) is 230 Å². The standard InChI is InChI=1S/C18H19N5O2.2CH4O3S/c1-10-7-8-15(25-14-6-4-3-5-12(14)19)16-11(10)9-13(22-16)17(24)23(2)18(20)21;2*1-5(2,3)4/h3-9,22H,19H2,1-2H3,(H3,20,21);2*1H3,(H,2,3,4). The Balaban J connectivity index is 0.000000519. The van der Waals surface area contributed by atoms with E-state index in [1.807, 2.05) is 31.2 Å². The number of amides is 1. The van der Waals surface area contributed by atoms with Crippen LogP contribution >= 0.6 is 0 Å². The van der Waals surface area contributed by atoms with E-state index < -0.39 is 26.1 Å². The lowest BCUT2D eigenvalue weighted by Gasteiger charge is -2.13. The minimum Gasteiger partial charge on any atom is -0.453 e. The van der Waals surface area contributed by atoms with Gasteiger partial charge in [0.15, 0.2) is 11.7 Å². The van der Waals surface area contributed by atoms with Crippen molar-refractivity contribution < 1.29 is 35.5 Å². The molecule has 0 aliphatic rings. The van der Waals surface area contributed by atoms with E-state index in [-0.39, 0.29) is 5.96 Å². The minimum atomic E-state index is -3.67. The van der Waals surface area contributed by atoms with Crippen molar-refractivity contribution in [3.63, 3.8) is 0 Å². The maximum Gasteiger partial charge on any atom is 0.276 e. The van der Waals surface area contributed by atoms with E-state index in [1.54, 1.807) is 18.2 Å². The normalized spacial score (nSPS) is 10.9. The van der Waals surface area contributed by atoms with Gasteiger partial charge in [0.25, 0.3) is 26.1 Å². The molecule has 15 heteroatoms. The Morgan fingerprint density at radius 3 is 2.03 bits per heavy atom. The molecule has 0 saturated heterocycles. The fraction of sp³-hybridized carbons (Fsp3) is 0.200. The van der Waals surface area contributed by atoms with Crippen molar-refractivity contribution in [3.8, 4) is 11.5 Å². The van der Waals surface area contributed by atoms with Crippen LogP contribution in [0.25, 0.3) is 10.9 Å². The van der Waals surface area contributed by atoms with Crippen LogP contribution in [0.15, 0.2) is 42.5 Å². The number of aromatic nitrogens is 1. The van der Waals surface area contributed by atoms with Crippen LogP contribution < -0.4 is 16.2 Å². The van der Waals surface area contributed by atoms with Gasteiger partial charge in [-0.2, -0.15) is 16.8 Å². The summed E-state index contributed by atoms with van der Waals surface area (Å²) in [5.41, 5.74) is 13.8. The maximum atomic E-state index is 12.4. The Kier molecular flexibility index (Phi) is 9.78. The lowest BCUT2D eigenvalue weighted by atomic mass is 10.1. The highest BCUT2D eigenvalue weighted by molar-refractivity contribution is 7.85. The number of carbonyl (C=O) groups excluding carboxylic acids is 1. The molecule has 1 heterocycles. The van der Waals surface area contributed by atoms with E-state index in [0.717, 1.165) is 15.8 Å². The molecule has 13 nitrogen and oxygen atoms in total. The molecule has 1 aromatic heterocycles. The first-order chi connectivity index (χ1) is 15.9. The molecule has 3 rings (SSSR count). The Hall–Kier alpha value is -3.66. The molecule has 0 bridgehead atoms. The smallest absolute Gasteiger partial charge is 0.276 e. The molecule has 0 radical (unpaired) electrons. The Morgan fingerprint density at radius 2 is 1.54 bits per heavy atom. The van der Waals surface area contributed by atoms with Crippen LogP contribution in [0.1, 0.15) is 16.1 Å². The highest BCUT2D eigenvalue weighted by Crippen LogP contribution is 2.34. The molecule has 2 aromatic carbocycles. The molecule has 0 unspecified atom stereocenters. The van der Waals surface area contributed by atoms with Crippen molar-refractivity contribution >= 4 is 48.7 Å². The predicted molar refractivity (Wildman–Crippen MR) is 133 cm³/mol. The minimum absolute atomic E-state index is 0.325. The van der Waals surface area contributed by atoms with E-state index in [1.165, 1.54) is 7.05 Å². The fourth-order valence-corrected chi connectivity index (χ4v) is 2.52. The van der Waals surface area contributed by atoms with Gasteiger partial charge >= 0.3 is 0 Å². The van der Waals surface area contributed by atoms with Crippen molar-refractivity contribution in [1.82, 2.24) is 9.88 Å². The highest BCUT2D eigenvalue weighted by atomic mass is 32.2. The van der Waals surface area contributed by atoms with Crippen LogP contribution in [0.3, 0.4) is 0 Å².